The second-order valence-corrected chi connectivity index (χ2v) is 10.4. The maximum Gasteiger partial charge on any atom is 0.299 e. The van der Waals surface area contributed by atoms with Gasteiger partial charge in [0.25, 0.3) is 11.4 Å². The lowest BCUT2D eigenvalue weighted by atomic mass is 10.1. The van der Waals surface area contributed by atoms with Crippen LogP contribution in [0.15, 0.2) is 18.2 Å². The average molecular weight is 692 g/mol. The Bertz CT molecular complexity index is 914. The lowest BCUT2D eigenvalue weighted by Crippen LogP contribution is -2.15. The Hall–Kier alpha value is -2.54. The van der Waals surface area contributed by atoms with Gasteiger partial charge in [0.15, 0.2) is 0 Å². The molecule has 1 aromatic carbocycles. The molecule has 48 heavy (non-hydrogen) atoms. The van der Waals surface area contributed by atoms with E-state index in [1.165, 1.54) is 44.2 Å². The minimum Gasteiger partial charge on any atom is -0.379 e. The summed E-state index contributed by atoms with van der Waals surface area (Å²) in [6, 6.07) is 3.44. The van der Waals surface area contributed by atoms with Gasteiger partial charge >= 0.3 is 0 Å². The minimum absolute atomic E-state index is 0.190. The Labute approximate surface area is 284 Å². The van der Waals surface area contributed by atoms with E-state index >= 15 is 0 Å². The monoisotopic (exact) mass is 691 g/mol. The van der Waals surface area contributed by atoms with Gasteiger partial charge in [0, 0.05) is 19.2 Å². The summed E-state index contributed by atoms with van der Waals surface area (Å²) in [5, 5.41) is 24.8. The van der Waals surface area contributed by atoms with Crippen molar-refractivity contribution in [3.05, 3.63) is 38.4 Å². The zero-order valence-corrected chi connectivity index (χ0v) is 28.6. The lowest BCUT2D eigenvalue weighted by molar-refractivity contribution is -0.393. The molecule has 0 heterocycles. The summed E-state index contributed by atoms with van der Waals surface area (Å²) in [5.41, 5.74) is -0.515. The highest BCUT2D eigenvalue weighted by atomic mass is 16.6. The summed E-state index contributed by atoms with van der Waals surface area (Å²) in [6.45, 7) is 11.3. The SMILES string of the molecule is CCCCCCCCOCCOCCOCCOCCOCCOCCOCCOCCOCCNc1ccc([N+](=O)[O-])cc1[N+](=O)[O-]. The molecule has 0 aromatic heterocycles. The number of nitrogens with zero attached hydrogens (tertiary/aromatic N) is 2. The maximum absolute atomic E-state index is 11.1. The van der Waals surface area contributed by atoms with Gasteiger partial charge < -0.3 is 47.9 Å². The summed E-state index contributed by atoms with van der Waals surface area (Å²) in [6.07, 6.45) is 7.61. The minimum atomic E-state index is -0.678. The number of nitrogens with one attached hydrogen (secondary N) is 1. The van der Waals surface area contributed by atoms with Crippen LogP contribution in [0.4, 0.5) is 17.1 Å². The van der Waals surface area contributed by atoms with Crippen LogP contribution >= 0.6 is 0 Å². The molecule has 0 atom stereocenters. The van der Waals surface area contributed by atoms with Gasteiger partial charge in [0.2, 0.25) is 0 Å². The lowest BCUT2D eigenvalue weighted by Gasteiger charge is -2.09. The molecule has 1 rings (SSSR count). The fourth-order valence-electron chi connectivity index (χ4n) is 4.04. The molecule has 1 aromatic rings. The number of hydrogen-bond donors (Lipinski definition) is 1. The van der Waals surface area contributed by atoms with E-state index in [4.69, 9.17) is 42.6 Å². The Morgan fingerprint density at radius 1 is 0.500 bits per heavy atom. The normalized spacial score (nSPS) is 11.3. The Kier molecular flexibility index (Phi) is 29.9. The fourth-order valence-corrected chi connectivity index (χ4v) is 4.04. The molecule has 278 valence electrons. The van der Waals surface area contributed by atoms with Crippen LogP contribution in [0.1, 0.15) is 45.4 Å². The van der Waals surface area contributed by atoms with E-state index in [-0.39, 0.29) is 23.7 Å². The van der Waals surface area contributed by atoms with Crippen LogP contribution in [0.2, 0.25) is 0 Å². The van der Waals surface area contributed by atoms with Crippen LogP contribution in [-0.4, -0.2) is 135 Å². The number of benzene rings is 1. The second kappa shape index (κ2) is 33.0. The van der Waals surface area contributed by atoms with Gasteiger partial charge in [-0.3, -0.25) is 20.2 Å². The number of nitro benzene ring substituents is 2. The number of hydrogen-bond acceptors (Lipinski definition) is 14. The molecule has 0 spiro atoms. The topological polar surface area (TPSA) is 181 Å². The van der Waals surface area contributed by atoms with Crippen LogP contribution in [0.25, 0.3) is 0 Å². The third kappa shape index (κ3) is 26.4. The molecule has 0 aliphatic heterocycles. The predicted molar refractivity (Wildman–Crippen MR) is 179 cm³/mol. The van der Waals surface area contributed by atoms with E-state index < -0.39 is 9.85 Å². The summed E-state index contributed by atoms with van der Waals surface area (Å²) < 4.78 is 49.3. The number of unbranched alkanes of at least 4 members (excludes halogenated alkanes) is 5. The third-order valence-electron chi connectivity index (χ3n) is 6.57. The van der Waals surface area contributed by atoms with Crippen LogP contribution in [0.5, 0.6) is 0 Å². The van der Waals surface area contributed by atoms with Crippen molar-refractivity contribution in [2.75, 3.05) is 131 Å². The fraction of sp³-hybridized carbons (Fsp3) is 0.812. The quantitative estimate of drug-likeness (QED) is 0.0588. The Morgan fingerprint density at radius 3 is 1.27 bits per heavy atom. The second-order valence-electron chi connectivity index (χ2n) is 10.4. The van der Waals surface area contributed by atoms with Gasteiger partial charge in [-0.15, -0.1) is 0 Å². The van der Waals surface area contributed by atoms with Crippen LogP contribution in [0.3, 0.4) is 0 Å². The van der Waals surface area contributed by atoms with E-state index in [0.717, 1.165) is 19.1 Å². The molecule has 16 heteroatoms. The van der Waals surface area contributed by atoms with Crippen LogP contribution in [0, 0.1) is 20.2 Å². The van der Waals surface area contributed by atoms with Crippen molar-refractivity contribution >= 4 is 17.1 Å². The predicted octanol–water partition coefficient (Wildman–Crippen LogP) is 4.42. The van der Waals surface area contributed by atoms with Gasteiger partial charge in [-0.25, -0.2) is 0 Å². The van der Waals surface area contributed by atoms with Crippen molar-refractivity contribution in [3.8, 4) is 0 Å². The molecule has 0 saturated heterocycles. The maximum atomic E-state index is 11.1. The Morgan fingerprint density at radius 2 is 0.875 bits per heavy atom. The number of nitro groups is 2. The molecule has 0 bridgehead atoms. The molecule has 0 aliphatic rings. The summed E-state index contributed by atoms with van der Waals surface area (Å²) in [4.78, 5) is 20.6. The van der Waals surface area contributed by atoms with Gasteiger partial charge in [-0.05, 0) is 12.5 Å². The zero-order chi connectivity index (χ0) is 34.8. The highest BCUT2D eigenvalue weighted by Gasteiger charge is 2.19. The number of non-ortho nitro benzene ring substituents is 1. The highest BCUT2D eigenvalue weighted by Crippen LogP contribution is 2.28. The molecule has 0 saturated carbocycles. The number of ether oxygens (including phenoxy) is 9. The number of anilines is 1. The molecule has 0 unspecified atom stereocenters. The highest BCUT2D eigenvalue weighted by molar-refractivity contribution is 5.65. The summed E-state index contributed by atoms with van der Waals surface area (Å²) >= 11 is 0. The van der Waals surface area contributed by atoms with Gasteiger partial charge in [-0.1, -0.05) is 39.0 Å². The average Bonchev–Trinajstić information content (AvgIpc) is 3.08. The number of rotatable bonds is 37. The molecule has 0 fully saturated rings. The third-order valence-corrected chi connectivity index (χ3v) is 6.57. The van der Waals surface area contributed by atoms with Gasteiger partial charge in [0.1, 0.15) is 5.69 Å². The first-order chi connectivity index (χ1) is 23.6. The van der Waals surface area contributed by atoms with Gasteiger partial charge in [-0.2, -0.15) is 0 Å². The molecule has 16 nitrogen and oxygen atoms in total. The molecule has 0 radical (unpaired) electrons. The van der Waals surface area contributed by atoms with Crippen molar-refractivity contribution in [1.29, 1.82) is 0 Å². The first kappa shape index (κ1) is 43.5. The largest absolute Gasteiger partial charge is 0.379 e. The summed E-state index contributed by atoms with van der Waals surface area (Å²) in [7, 11) is 0. The van der Waals surface area contributed by atoms with E-state index in [1.807, 2.05) is 0 Å². The van der Waals surface area contributed by atoms with Crippen LogP contribution < -0.4 is 5.32 Å². The molecular formula is C32H57N3O13. The molecule has 0 aliphatic carbocycles. The first-order valence-electron chi connectivity index (χ1n) is 16.9. The van der Waals surface area contributed by atoms with Crippen molar-refractivity contribution in [2.45, 2.75) is 45.4 Å². The van der Waals surface area contributed by atoms with E-state index in [1.54, 1.807) is 0 Å². The Balaban J connectivity index is 1.73. The summed E-state index contributed by atoms with van der Waals surface area (Å²) in [5.74, 6) is 0. The first-order valence-corrected chi connectivity index (χ1v) is 16.9. The standard InChI is InChI=1S/C32H57N3O13/c1-2-3-4-5-6-7-11-40-13-15-42-17-19-44-21-23-46-25-27-48-28-26-47-24-22-45-20-18-43-16-14-41-12-10-33-31-9-8-30(34(36)37)29-32(31)35(38)39/h8-9,29,33H,2-7,10-28H2,1H3. The van der Waals surface area contributed by atoms with Crippen LogP contribution in [-0.2, 0) is 42.6 Å². The van der Waals surface area contributed by atoms with Gasteiger partial charge in [0.05, 0.1) is 128 Å². The van der Waals surface area contributed by atoms with Crippen molar-refractivity contribution in [1.82, 2.24) is 0 Å². The van der Waals surface area contributed by atoms with E-state index in [0.29, 0.717) is 112 Å². The smallest absolute Gasteiger partial charge is 0.299 e. The van der Waals surface area contributed by atoms with Crippen molar-refractivity contribution < 1.29 is 52.5 Å². The molecule has 1 N–H and O–H groups in total. The van der Waals surface area contributed by atoms with Crippen molar-refractivity contribution in [3.63, 3.8) is 0 Å². The zero-order valence-electron chi connectivity index (χ0n) is 28.6. The molecule has 0 amide bonds. The van der Waals surface area contributed by atoms with E-state index in [9.17, 15) is 20.2 Å². The van der Waals surface area contributed by atoms with E-state index in [2.05, 4.69) is 12.2 Å². The van der Waals surface area contributed by atoms with Crippen molar-refractivity contribution in [2.24, 2.45) is 0 Å². The molecular weight excluding hydrogens is 634 g/mol.